The lowest BCUT2D eigenvalue weighted by Gasteiger charge is -2.28. The highest BCUT2D eigenvalue weighted by molar-refractivity contribution is 7.92. The summed E-state index contributed by atoms with van der Waals surface area (Å²) in [7, 11) is -1.96. The van der Waals surface area contributed by atoms with Crippen LogP contribution in [0.2, 0.25) is 0 Å². The number of unbranched alkanes of at least 4 members (excludes halogenated alkanes) is 1. The van der Waals surface area contributed by atoms with Crippen molar-refractivity contribution in [1.29, 1.82) is 0 Å². The fraction of sp³-hybridized carbons (Fsp3) is 0.533. The number of methoxy groups -OCH3 is 1. The third-order valence-electron chi connectivity index (χ3n) is 3.69. The molecule has 0 saturated heterocycles. The number of sulfonamides is 1. The van der Waals surface area contributed by atoms with Crippen molar-refractivity contribution < 1.29 is 17.9 Å². The molecule has 0 aliphatic carbocycles. The highest BCUT2D eigenvalue weighted by Crippen LogP contribution is 2.23. The SMILES string of the molecule is CCCCS(=O)(=O)Nc1ccc2c(c1)CN(C(=O)OC)CC2. The van der Waals surface area contributed by atoms with Crippen LogP contribution in [0.1, 0.15) is 30.9 Å². The van der Waals surface area contributed by atoms with Gasteiger partial charge in [-0.15, -0.1) is 0 Å². The summed E-state index contributed by atoms with van der Waals surface area (Å²) in [4.78, 5) is 13.2. The number of ether oxygens (including phenoxy) is 1. The van der Waals surface area contributed by atoms with Gasteiger partial charge in [0.05, 0.1) is 12.9 Å². The second kappa shape index (κ2) is 7.00. The predicted molar refractivity (Wildman–Crippen MR) is 85.3 cm³/mol. The fourth-order valence-corrected chi connectivity index (χ4v) is 3.73. The van der Waals surface area contributed by atoms with Crippen molar-refractivity contribution in [2.75, 3.05) is 24.1 Å². The van der Waals surface area contributed by atoms with E-state index in [0.717, 1.165) is 24.0 Å². The monoisotopic (exact) mass is 326 g/mol. The quantitative estimate of drug-likeness (QED) is 0.901. The van der Waals surface area contributed by atoms with Crippen LogP contribution in [0.3, 0.4) is 0 Å². The first-order chi connectivity index (χ1) is 10.4. The van der Waals surface area contributed by atoms with Crippen LogP contribution >= 0.6 is 0 Å². The van der Waals surface area contributed by atoms with Crippen molar-refractivity contribution in [2.45, 2.75) is 32.7 Å². The van der Waals surface area contributed by atoms with Crippen LogP contribution in [0, 0.1) is 0 Å². The molecule has 122 valence electrons. The molecule has 0 atom stereocenters. The minimum absolute atomic E-state index is 0.120. The van der Waals surface area contributed by atoms with E-state index in [4.69, 9.17) is 4.74 Å². The van der Waals surface area contributed by atoms with E-state index in [9.17, 15) is 13.2 Å². The molecule has 0 radical (unpaired) electrons. The van der Waals surface area contributed by atoms with Crippen LogP contribution in [-0.2, 0) is 27.7 Å². The van der Waals surface area contributed by atoms with Gasteiger partial charge in [-0.3, -0.25) is 4.72 Å². The van der Waals surface area contributed by atoms with Crippen molar-refractivity contribution in [3.63, 3.8) is 0 Å². The molecule has 0 bridgehead atoms. The van der Waals surface area contributed by atoms with Gasteiger partial charge in [0.1, 0.15) is 0 Å². The molecule has 6 nitrogen and oxygen atoms in total. The van der Waals surface area contributed by atoms with Gasteiger partial charge in [-0.1, -0.05) is 19.4 Å². The second-order valence-electron chi connectivity index (χ2n) is 5.40. The van der Waals surface area contributed by atoms with Crippen molar-refractivity contribution in [3.05, 3.63) is 29.3 Å². The Bertz CT molecular complexity index is 643. The van der Waals surface area contributed by atoms with Gasteiger partial charge >= 0.3 is 6.09 Å². The van der Waals surface area contributed by atoms with Gasteiger partial charge in [0.2, 0.25) is 10.0 Å². The number of amides is 1. The zero-order valence-corrected chi connectivity index (χ0v) is 13.8. The van der Waals surface area contributed by atoms with Crippen LogP contribution < -0.4 is 4.72 Å². The molecule has 0 unspecified atom stereocenters. The van der Waals surface area contributed by atoms with E-state index in [0.29, 0.717) is 25.2 Å². The number of nitrogens with zero attached hydrogens (tertiary/aromatic N) is 1. The standard InChI is InChI=1S/C15H22N2O4S/c1-3-4-9-22(19,20)16-14-6-5-12-7-8-17(15(18)21-2)11-13(12)10-14/h5-6,10,16H,3-4,7-9,11H2,1-2H3. The van der Waals surface area contributed by atoms with Crippen LogP contribution in [0.25, 0.3) is 0 Å². The number of anilines is 1. The Balaban J connectivity index is 2.12. The minimum Gasteiger partial charge on any atom is -0.453 e. The smallest absolute Gasteiger partial charge is 0.409 e. The van der Waals surface area contributed by atoms with Gasteiger partial charge in [0.15, 0.2) is 0 Å². The van der Waals surface area contributed by atoms with Crippen LogP contribution in [0.5, 0.6) is 0 Å². The van der Waals surface area contributed by atoms with Gasteiger partial charge in [0, 0.05) is 18.8 Å². The molecule has 0 aromatic heterocycles. The zero-order valence-electron chi connectivity index (χ0n) is 13.0. The zero-order chi connectivity index (χ0) is 16.2. The molecule has 1 aromatic rings. The predicted octanol–water partition coefficient (Wildman–Crippen LogP) is 2.35. The lowest BCUT2D eigenvalue weighted by atomic mass is 9.99. The van der Waals surface area contributed by atoms with Crippen LogP contribution in [0.4, 0.5) is 10.5 Å². The highest BCUT2D eigenvalue weighted by atomic mass is 32.2. The normalized spacial score (nSPS) is 14.4. The van der Waals surface area contributed by atoms with Gasteiger partial charge in [0.25, 0.3) is 0 Å². The fourth-order valence-electron chi connectivity index (χ4n) is 2.47. The van der Waals surface area contributed by atoms with Gasteiger partial charge in [-0.05, 0) is 36.1 Å². The van der Waals surface area contributed by atoms with Crippen LogP contribution in [0.15, 0.2) is 18.2 Å². The second-order valence-corrected chi connectivity index (χ2v) is 7.24. The largest absolute Gasteiger partial charge is 0.453 e. The molecule has 0 fully saturated rings. The summed E-state index contributed by atoms with van der Waals surface area (Å²) < 4.78 is 31.2. The molecular formula is C15H22N2O4S. The summed E-state index contributed by atoms with van der Waals surface area (Å²) in [6, 6.07) is 5.49. The average molecular weight is 326 g/mol. The summed E-state index contributed by atoms with van der Waals surface area (Å²) in [5.74, 6) is 0.120. The number of benzene rings is 1. The Labute approximate surface area is 131 Å². The molecule has 1 amide bonds. The van der Waals surface area contributed by atoms with E-state index in [2.05, 4.69) is 4.72 Å². The Morgan fingerprint density at radius 3 is 2.82 bits per heavy atom. The van der Waals surface area contributed by atoms with Crippen molar-refractivity contribution >= 4 is 21.8 Å². The van der Waals surface area contributed by atoms with E-state index < -0.39 is 10.0 Å². The summed E-state index contributed by atoms with van der Waals surface area (Å²) in [5, 5.41) is 0. The molecule has 0 spiro atoms. The molecule has 7 heteroatoms. The number of hydrogen-bond donors (Lipinski definition) is 1. The lowest BCUT2D eigenvalue weighted by molar-refractivity contribution is 0.118. The average Bonchev–Trinajstić information content (AvgIpc) is 2.51. The maximum Gasteiger partial charge on any atom is 0.409 e. The Hall–Kier alpha value is -1.76. The van der Waals surface area contributed by atoms with E-state index in [1.807, 2.05) is 13.0 Å². The Morgan fingerprint density at radius 2 is 2.14 bits per heavy atom. The number of carbonyl (C=O) groups excluding carboxylic acids is 1. The molecule has 1 heterocycles. The summed E-state index contributed by atoms with van der Waals surface area (Å²) in [6.07, 6.45) is 1.85. The van der Waals surface area contributed by atoms with Crippen LogP contribution in [-0.4, -0.2) is 38.8 Å². The Kier molecular flexibility index (Phi) is 5.28. The van der Waals surface area contributed by atoms with Crippen molar-refractivity contribution in [3.8, 4) is 0 Å². The van der Waals surface area contributed by atoms with E-state index in [1.165, 1.54) is 7.11 Å². The molecule has 1 aliphatic heterocycles. The maximum absolute atomic E-state index is 12.0. The van der Waals surface area contributed by atoms with Gasteiger partial charge in [-0.25, -0.2) is 13.2 Å². The molecule has 22 heavy (non-hydrogen) atoms. The number of rotatable bonds is 5. The maximum atomic E-state index is 12.0. The molecule has 1 aliphatic rings. The number of carbonyl (C=O) groups is 1. The first kappa shape index (κ1) is 16.6. The topological polar surface area (TPSA) is 75.7 Å². The molecule has 2 rings (SSSR count). The van der Waals surface area contributed by atoms with Crippen molar-refractivity contribution in [1.82, 2.24) is 4.90 Å². The molecule has 1 N–H and O–H groups in total. The van der Waals surface area contributed by atoms with Gasteiger partial charge < -0.3 is 9.64 Å². The number of nitrogens with one attached hydrogen (secondary N) is 1. The van der Waals surface area contributed by atoms with Gasteiger partial charge in [-0.2, -0.15) is 0 Å². The molecule has 0 saturated carbocycles. The number of hydrogen-bond acceptors (Lipinski definition) is 4. The minimum atomic E-state index is -3.31. The summed E-state index contributed by atoms with van der Waals surface area (Å²) in [5.41, 5.74) is 2.63. The van der Waals surface area contributed by atoms with E-state index in [1.54, 1.807) is 17.0 Å². The van der Waals surface area contributed by atoms with E-state index >= 15 is 0 Å². The summed E-state index contributed by atoms with van der Waals surface area (Å²) in [6.45, 7) is 3.00. The third kappa shape index (κ3) is 4.13. The lowest BCUT2D eigenvalue weighted by Crippen LogP contribution is -2.35. The van der Waals surface area contributed by atoms with E-state index in [-0.39, 0.29) is 11.8 Å². The highest BCUT2D eigenvalue weighted by Gasteiger charge is 2.21. The summed E-state index contributed by atoms with van der Waals surface area (Å²) >= 11 is 0. The number of fused-ring (bicyclic) bond motifs is 1. The first-order valence-corrected chi connectivity index (χ1v) is 9.05. The molecule has 1 aromatic carbocycles. The third-order valence-corrected chi connectivity index (χ3v) is 5.06. The molecular weight excluding hydrogens is 304 g/mol. The van der Waals surface area contributed by atoms with Crippen molar-refractivity contribution in [2.24, 2.45) is 0 Å². The first-order valence-electron chi connectivity index (χ1n) is 7.40. The Morgan fingerprint density at radius 1 is 1.36 bits per heavy atom.